The minimum atomic E-state index is -3.82. The standard InChI is InChI=1S/C15H13N5O4S.CH4/c1-10-5-7-13(8-6-10)25(23,24)19-15-16-14(17-18-15)11-3-2-4-12(9-11)20(21)22;/h2-9H,1H3,(H2,16,17,18,19);1H4. The van der Waals surface area contributed by atoms with Crippen molar-refractivity contribution in [2.24, 2.45) is 0 Å². The highest BCUT2D eigenvalue weighted by molar-refractivity contribution is 7.92. The van der Waals surface area contributed by atoms with Gasteiger partial charge in [0.05, 0.1) is 9.82 Å². The number of sulfonamides is 1. The predicted molar refractivity (Wildman–Crippen MR) is 97.2 cm³/mol. The lowest BCUT2D eigenvalue weighted by molar-refractivity contribution is -0.384. The fourth-order valence-corrected chi connectivity index (χ4v) is 3.04. The minimum absolute atomic E-state index is 0. The molecule has 1 aromatic heterocycles. The molecule has 0 fully saturated rings. The van der Waals surface area contributed by atoms with E-state index in [1.165, 1.54) is 30.3 Å². The van der Waals surface area contributed by atoms with Crippen LogP contribution in [-0.4, -0.2) is 28.5 Å². The molecule has 0 saturated carbocycles. The summed E-state index contributed by atoms with van der Waals surface area (Å²) >= 11 is 0. The number of aryl methyl sites for hydroxylation is 1. The summed E-state index contributed by atoms with van der Waals surface area (Å²) in [7, 11) is -3.82. The number of benzene rings is 2. The Hall–Kier alpha value is -3.27. The van der Waals surface area contributed by atoms with Crippen LogP contribution in [0.4, 0.5) is 11.6 Å². The zero-order chi connectivity index (χ0) is 18.0. The van der Waals surface area contributed by atoms with Crippen LogP contribution in [0, 0.1) is 17.0 Å². The second-order valence-electron chi connectivity index (χ2n) is 5.23. The van der Waals surface area contributed by atoms with E-state index >= 15 is 0 Å². The van der Waals surface area contributed by atoms with Crippen molar-refractivity contribution < 1.29 is 13.3 Å². The number of rotatable bonds is 5. The number of hydrogen-bond acceptors (Lipinski definition) is 6. The molecule has 26 heavy (non-hydrogen) atoms. The Morgan fingerprint density at radius 3 is 2.50 bits per heavy atom. The van der Waals surface area contributed by atoms with Crippen LogP contribution in [-0.2, 0) is 10.0 Å². The molecule has 10 heteroatoms. The van der Waals surface area contributed by atoms with Crippen molar-refractivity contribution in [1.82, 2.24) is 15.2 Å². The summed E-state index contributed by atoms with van der Waals surface area (Å²) < 4.78 is 26.9. The van der Waals surface area contributed by atoms with Gasteiger partial charge in [-0.15, -0.1) is 5.10 Å². The maximum Gasteiger partial charge on any atom is 0.270 e. The average molecular weight is 375 g/mol. The lowest BCUT2D eigenvalue weighted by Crippen LogP contribution is -2.13. The van der Waals surface area contributed by atoms with E-state index < -0.39 is 14.9 Å². The monoisotopic (exact) mass is 375 g/mol. The number of H-pyrrole nitrogens is 1. The number of non-ortho nitro benzene ring substituents is 1. The molecule has 0 spiro atoms. The zero-order valence-corrected chi connectivity index (χ0v) is 13.8. The Kier molecular flexibility index (Phi) is 5.36. The van der Waals surface area contributed by atoms with E-state index in [0.717, 1.165) is 5.56 Å². The minimum Gasteiger partial charge on any atom is -0.258 e. The topological polar surface area (TPSA) is 131 Å². The first-order valence-electron chi connectivity index (χ1n) is 7.12. The molecular formula is C16H17N5O4S. The number of nitro groups is 1. The molecule has 0 aliphatic heterocycles. The molecular weight excluding hydrogens is 358 g/mol. The van der Waals surface area contributed by atoms with E-state index in [4.69, 9.17) is 0 Å². The molecule has 0 aliphatic rings. The molecule has 0 atom stereocenters. The highest BCUT2D eigenvalue weighted by Crippen LogP contribution is 2.22. The number of aromatic nitrogens is 3. The number of nitro benzene ring substituents is 1. The third-order valence-electron chi connectivity index (χ3n) is 3.37. The molecule has 136 valence electrons. The van der Waals surface area contributed by atoms with E-state index in [1.54, 1.807) is 18.2 Å². The molecule has 3 rings (SSSR count). The normalized spacial score (nSPS) is 10.8. The molecule has 3 aromatic rings. The number of anilines is 1. The Morgan fingerprint density at radius 2 is 1.85 bits per heavy atom. The van der Waals surface area contributed by atoms with Crippen LogP contribution in [0.1, 0.15) is 13.0 Å². The van der Waals surface area contributed by atoms with Gasteiger partial charge in [0.2, 0.25) is 0 Å². The van der Waals surface area contributed by atoms with Gasteiger partial charge in [-0.25, -0.2) is 13.1 Å². The Labute approximate surface area is 150 Å². The van der Waals surface area contributed by atoms with E-state index in [1.807, 2.05) is 6.92 Å². The van der Waals surface area contributed by atoms with Gasteiger partial charge >= 0.3 is 0 Å². The molecule has 0 bridgehead atoms. The number of hydrogen-bond donors (Lipinski definition) is 2. The second-order valence-corrected chi connectivity index (χ2v) is 6.92. The second kappa shape index (κ2) is 7.31. The Morgan fingerprint density at radius 1 is 1.15 bits per heavy atom. The predicted octanol–water partition coefficient (Wildman–Crippen LogP) is 3.13. The number of nitrogens with zero attached hydrogens (tertiary/aromatic N) is 3. The van der Waals surface area contributed by atoms with Crippen LogP contribution in [0.15, 0.2) is 53.4 Å². The van der Waals surface area contributed by atoms with Crippen molar-refractivity contribution in [3.63, 3.8) is 0 Å². The van der Waals surface area contributed by atoms with Crippen molar-refractivity contribution >= 4 is 21.7 Å². The summed E-state index contributed by atoms with van der Waals surface area (Å²) in [6.07, 6.45) is 0. The lowest BCUT2D eigenvalue weighted by Gasteiger charge is -2.04. The molecule has 0 saturated heterocycles. The van der Waals surface area contributed by atoms with E-state index in [9.17, 15) is 18.5 Å². The molecule has 1 heterocycles. The zero-order valence-electron chi connectivity index (χ0n) is 13.0. The van der Waals surface area contributed by atoms with Crippen molar-refractivity contribution in [3.05, 3.63) is 64.2 Å². The largest absolute Gasteiger partial charge is 0.270 e. The lowest BCUT2D eigenvalue weighted by atomic mass is 10.2. The summed E-state index contributed by atoms with van der Waals surface area (Å²) in [5.41, 5.74) is 1.25. The van der Waals surface area contributed by atoms with Gasteiger partial charge in [0.25, 0.3) is 21.7 Å². The first kappa shape index (κ1) is 19.1. The van der Waals surface area contributed by atoms with Crippen LogP contribution in [0.5, 0.6) is 0 Å². The molecule has 2 aromatic carbocycles. The van der Waals surface area contributed by atoms with Gasteiger partial charge in [0.15, 0.2) is 5.82 Å². The van der Waals surface area contributed by atoms with E-state index in [2.05, 4.69) is 19.9 Å². The highest BCUT2D eigenvalue weighted by atomic mass is 32.2. The van der Waals surface area contributed by atoms with Crippen molar-refractivity contribution in [3.8, 4) is 11.4 Å². The SMILES string of the molecule is C.Cc1ccc(S(=O)(=O)Nc2n[nH]c(-c3cccc([N+](=O)[O-])c3)n2)cc1. The van der Waals surface area contributed by atoms with Gasteiger partial charge in [0, 0.05) is 17.7 Å². The molecule has 2 N–H and O–H groups in total. The van der Waals surface area contributed by atoms with Gasteiger partial charge in [-0.1, -0.05) is 37.3 Å². The molecule has 0 radical (unpaired) electrons. The Bertz CT molecular complexity index is 1030. The van der Waals surface area contributed by atoms with Crippen LogP contribution in [0.25, 0.3) is 11.4 Å². The molecule has 0 unspecified atom stereocenters. The first-order chi connectivity index (χ1) is 11.8. The summed E-state index contributed by atoms with van der Waals surface area (Å²) in [5.74, 6) is 0.0624. The molecule has 9 nitrogen and oxygen atoms in total. The highest BCUT2D eigenvalue weighted by Gasteiger charge is 2.17. The first-order valence-corrected chi connectivity index (χ1v) is 8.60. The summed E-state index contributed by atoms with van der Waals surface area (Å²) in [6, 6.07) is 12.1. The fourth-order valence-electron chi connectivity index (χ4n) is 2.10. The maximum absolute atomic E-state index is 12.3. The maximum atomic E-state index is 12.3. The van der Waals surface area contributed by atoms with E-state index in [0.29, 0.717) is 5.56 Å². The quantitative estimate of drug-likeness (QED) is 0.520. The van der Waals surface area contributed by atoms with Crippen molar-refractivity contribution in [2.75, 3.05) is 4.72 Å². The summed E-state index contributed by atoms with van der Waals surface area (Å²) in [6.45, 7) is 1.85. The van der Waals surface area contributed by atoms with Crippen LogP contribution < -0.4 is 4.72 Å². The van der Waals surface area contributed by atoms with E-state index in [-0.39, 0.29) is 29.8 Å². The molecule has 0 amide bonds. The van der Waals surface area contributed by atoms with Crippen LogP contribution >= 0.6 is 0 Å². The number of nitrogens with one attached hydrogen (secondary N) is 2. The van der Waals surface area contributed by atoms with Gasteiger partial charge in [0.1, 0.15) is 0 Å². The average Bonchev–Trinajstić information content (AvgIpc) is 3.03. The fraction of sp³-hybridized carbons (Fsp3) is 0.125. The molecule has 0 aliphatic carbocycles. The van der Waals surface area contributed by atoms with Crippen molar-refractivity contribution in [1.29, 1.82) is 0 Å². The van der Waals surface area contributed by atoms with Crippen molar-refractivity contribution in [2.45, 2.75) is 19.2 Å². The van der Waals surface area contributed by atoms with Gasteiger partial charge < -0.3 is 0 Å². The number of aromatic amines is 1. The third-order valence-corrected chi connectivity index (χ3v) is 4.72. The van der Waals surface area contributed by atoms with Crippen LogP contribution in [0.3, 0.4) is 0 Å². The van der Waals surface area contributed by atoms with Gasteiger partial charge in [-0.3, -0.25) is 15.2 Å². The van der Waals surface area contributed by atoms with Gasteiger partial charge in [-0.05, 0) is 19.1 Å². The van der Waals surface area contributed by atoms with Gasteiger partial charge in [-0.2, -0.15) is 4.98 Å². The third kappa shape index (κ3) is 4.03. The Balaban J connectivity index is 0.00000243. The summed E-state index contributed by atoms with van der Waals surface area (Å²) in [5, 5.41) is 17.2. The smallest absolute Gasteiger partial charge is 0.258 e. The summed E-state index contributed by atoms with van der Waals surface area (Å²) in [4.78, 5) is 14.4. The van der Waals surface area contributed by atoms with Crippen LogP contribution in [0.2, 0.25) is 0 Å².